The molecule has 1 aromatic carbocycles. The molecule has 0 spiro atoms. The van der Waals surface area contributed by atoms with E-state index in [0.717, 1.165) is 6.42 Å². The number of hydrogen-bond donors (Lipinski definition) is 1. The van der Waals surface area contributed by atoms with E-state index in [-0.39, 0.29) is 11.8 Å². The predicted molar refractivity (Wildman–Crippen MR) is 65.5 cm³/mol. The second kappa shape index (κ2) is 3.99. The molecule has 1 aliphatic heterocycles. The zero-order valence-corrected chi connectivity index (χ0v) is 10.3. The molecular formula is C13H12ClNO3. The molecule has 4 nitrogen and oxygen atoms in total. The van der Waals surface area contributed by atoms with E-state index >= 15 is 0 Å². The van der Waals surface area contributed by atoms with Gasteiger partial charge in [-0.25, -0.2) is 4.79 Å². The molecule has 5 heteroatoms. The lowest BCUT2D eigenvalue weighted by atomic mass is 10.1. The van der Waals surface area contributed by atoms with E-state index in [1.807, 2.05) is 0 Å². The number of hydrogen-bond acceptors (Lipinski definition) is 2. The Balaban J connectivity index is 1.84. The topological polar surface area (TPSA) is 57.6 Å². The molecule has 1 aromatic rings. The van der Waals surface area contributed by atoms with Gasteiger partial charge in [-0.15, -0.1) is 0 Å². The summed E-state index contributed by atoms with van der Waals surface area (Å²) in [6.07, 6.45) is 0.932. The molecule has 0 bridgehead atoms. The van der Waals surface area contributed by atoms with E-state index in [2.05, 4.69) is 0 Å². The van der Waals surface area contributed by atoms with Crippen molar-refractivity contribution in [1.29, 1.82) is 0 Å². The van der Waals surface area contributed by atoms with Crippen molar-refractivity contribution in [2.24, 2.45) is 11.8 Å². The van der Waals surface area contributed by atoms with Crippen LogP contribution in [0.15, 0.2) is 24.3 Å². The lowest BCUT2D eigenvalue weighted by molar-refractivity contribution is -0.142. The standard InChI is InChI=1S/C13H12ClNO3/c14-9-3-1-7(2-4-9)12(16)15-6-8-5-10(8)11(15)13(17)18/h1-4,8,10-11H,5-6H2,(H,17,18)/t8-,10-,11+/m1/s1. The van der Waals surface area contributed by atoms with Gasteiger partial charge >= 0.3 is 5.97 Å². The Morgan fingerprint density at radius 2 is 1.94 bits per heavy atom. The molecule has 3 atom stereocenters. The molecule has 94 valence electrons. The SMILES string of the molecule is O=C(O)[C@@H]1[C@@H]2C[C@@H]2CN1C(=O)c1ccc(Cl)cc1. The first-order chi connectivity index (χ1) is 8.58. The minimum absolute atomic E-state index is 0.152. The van der Waals surface area contributed by atoms with Crippen molar-refractivity contribution in [2.75, 3.05) is 6.54 Å². The Labute approximate surface area is 109 Å². The molecule has 1 N–H and O–H groups in total. The van der Waals surface area contributed by atoms with Crippen LogP contribution < -0.4 is 0 Å². The minimum Gasteiger partial charge on any atom is -0.480 e. The van der Waals surface area contributed by atoms with E-state index in [4.69, 9.17) is 11.6 Å². The van der Waals surface area contributed by atoms with Crippen molar-refractivity contribution >= 4 is 23.5 Å². The van der Waals surface area contributed by atoms with Crippen LogP contribution in [0.4, 0.5) is 0 Å². The van der Waals surface area contributed by atoms with E-state index in [0.29, 0.717) is 23.0 Å². The predicted octanol–water partition coefficient (Wildman–Crippen LogP) is 1.89. The van der Waals surface area contributed by atoms with Crippen LogP contribution in [0.1, 0.15) is 16.8 Å². The number of piperidine rings is 1. The van der Waals surface area contributed by atoms with Gasteiger partial charge in [0.1, 0.15) is 6.04 Å². The van der Waals surface area contributed by atoms with Crippen LogP contribution in [0, 0.1) is 11.8 Å². The summed E-state index contributed by atoms with van der Waals surface area (Å²) in [5.41, 5.74) is 0.493. The molecule has 18 heavy (non-hydrogen) atoms. The van der Waals surface area contributed by atoms with Crippen LogP contribution in [0.25, 0.3) is 0 Å². The molecule has 0 radical (unpaired) electrons. The number of carbonyl (C=O) groups is 2. The van der Waals surface area contributed by atoms with Gasteiger partial charge in [0.25, 0.3) is 5.91 Å². The molecule has 1 saturated heterocycles. The number of benzene rings is 1. The quantitative estimate of drug-likeness (QED) is 0.888. The van der Waals surface area contributed by atoms with Crippen molar-refractivity contribution < 1.29 is 14.7 Å². The first-order valence-electron chi connectivity index (χ1n) is 5.87. The Hall–Kier alpha value is -1.55. The summed E-state index contributed by atoms with van der Waals surface area (Å²) in [5.74, 6) is -0.588. The lowest BCUT2D eigenvalue weighted by Crippen LogP contribution is -2.43. The molecule has 3 rings (SSSR count). The number of likely N-dealkylation sites (tertiary alicyclic amines) is 1. The highest BCUT2D eigenvalue weighted by Crippen LogP contribution is 2.49. The average molecular weight is 266 g/mol. The fourth-order valence-electron chi connectivity index (χ4n) is 2.75. The van der Waals surface area contributed by atoms with Crippen molar-refractivity contribution in [3.05, 3.63) is 34.9 Å². The number of nitrogens with zero attached hydrogens (tertiary/aromatic N) is 1. The number of carboxylic acid groups (broad SMARTS) is 1. The average Bonchev–Trinajstić information content (AvgIpc) is 2.99. The molecule has 1 heterocycles. The smallest absolute Gasteiger partial charge is 0.326 e. The van der Waals surface area contributed by atoms with Crippen LogP contribution in [0.3, 0.4) is 0 Å². The van der Waals surface area contributed by atoms with Crippen LogP contribution in [0.2, 0.25) is 5.02 Å². The normalized spacial score (nSPS) is 28.9. The van der Waals surface area contributed by atoms with Gasteiger partial charge < -0.3 is 10.0 Å². The highest BCUT2D eigenvalue weighted by atomic mass is 35.5. The number of carboxylic acids is 1. The fraction of sp³-hybridized carbons (Fsp3) is 0.385. The third-order valence-corrected chi connectivity index (χ3v) is 4.01. The van der Waals surface area contributed by atoms with Gasteiger partial charge in [-0.2, -0.15) is 0 Å². The van der Waals surface area contributed by atoms with Crippen LogP contribution in [0.5, 0.6) is 0 Å². The Bertz CT molecular complexity index is 513. The largest absolute Gasteiger partial charge is 0.480 e. The number of amides is 1. The first kappa shape index (κ1) is 11.5. The molecule has 1 amide bonds. The van der Waals surface area contributed by atoms with Gasteiger partial charge in [0, 0.05) is 17.1 Å². The highest BCUT2D eigenvalue weighted by Gasteiger charge is 2.57. The summed E-state index contributed by atoms with van der Waals surface area (Å²) in [6.45, 7) is 0.559. The maximum absolute atomic E-state index is 12.3. The summed E-state index contributed by atoms with van der Waals surface area (Å²) in [5, 5.41) is 9.77. The summed E-state index contributed by atoms with van der Waals surface area (Å²) in [6, 6.07) is 5.89. The van der Waals surface area contributed by atoms with Crippen LogP contribution in [-0.4, -0.2) is 34.5 Å². The zero-order valence-electron chi connectivity index (χ0n) is 9.54. The molecule has 2 aliphatic rings. The zero-order chi connectivity index (χ0) is 12.9. The van der Waals surface area contributed by atoms with Crippen molar-refractivity contribution in [3.8, 4) is 0 Å². The third kappa shape index (κ3) is 1.77. The second-order valence-corrected chi connectivity index (χ2v) is 5.34. The lowest BCUT2D eigenvalue weighted by Gasteiger charge is -2.24. The van der Waals surface area contributed by atoms with Gasteiger partial charge in [-0.3, -0.25) is 4.79 Å². The van der Waals surface area contributed by atoms with Crippen LogP contribution in [-0.2, 0) is 4.79 Å². The Kier molecular flexibility index (Phi) is 2.55. The second-order valence-electron chi connectivity index (χ2n) is 4.91. The van der Waals surface area contributed by atoms with Gasteiger partial charge in [0.2, 0.25) is 0 Å². The Morgan fingerprint density at radius 1 is 1.28 bits per heavy atom. The van der Waals surface area contributed by atoms with Gasteiger partial charge in [0.05, 0.1) is 0 Å². The first-order valence-corrected chi connectivity index (χ1v) is 6.25. The van der Waals surface area contributed by atoms with Crippen molar-refractivity contribution in [2.45, 2.75) is 12.5 Å². The molecule has 1 saturated carbocycles. The number of aliphatic carboxylic acids is 1. The summed E-state index contributed by atoms with van der Waals surface area (Å²) in [7, 11) is 0. The van der Waals surface area contributed by atoms with Crippen molar-refractivity contribution in [1.82, 2.24) is 4.90 Å². The highest BCUT2D eigenvalue weighted by molar-refractivity contribution is 6.30. The number of fused-ring (bicyclic) bond motifs is 1. The molecule has 0 aromatic heterocycles. The molecule has 0 unspecified atom stereocenters. The third-order valence-electron chi connectivity index (χ3n) is 3.75. The molecular weight excluding hydrogens is 254 g/mol. The van der Waals surface area contributed by atoms with E-state index in [9.17, 15) is 14.7 Å². The maximum atomic E-state index is 12.3. The summed E-state index contributed by atoms with van der Waals surface area (Å²) < 4.78 is 0. The summed E-state index contributed by atoms with van der Waals surface area (Å²) >= 11 is 5.77. The van der Waals surface area contributed by atoms with Gasteiger partial charge in [-0.05, 0) is 42.5 Å². The fourth-order valence-corrected chi connectivity index (χ4v) is 2.87. The van der Waals surface area contributed by atoms with E-state index in [1.54, 1.807) is 24.3 Å². The van der Waals surface area contributed by atoms with Gasteiger partial charge in [-0.1, -0.05) is 11.6 Å². The van der Waals surface area contributed by atoms with E-state index in [1.165, 1.54) is 4.90 Å². The number of halogens is 1. The minimum atomic E-state index is -0.901. The molecule has 1 aliphatic carbocycles. The van der Waals surface area contributed by atoms with Crippen LogP contribution >= 0.6 is 11.6 Å². The van der Waals surface area contributed by atoms with Crippen molar-refractivity contribution in [3.63, 3.8) is 0 Å². The van der Waals surface area contributed by atoms with E-state index < -0.39 is 12.0 Å². The van der Waals surface area contributed by atoms with Gasteiger partial charge in [0.15, 0.2) is 0 Å². The summed E-state index contributed by atoms with van der Waals surface area (Å²) in [4.78, 5) is 25.0. The maximum Gasteiger partial charge on any atom is 0.326 e. The number of carbonyl (C=O) groups excluding carboxylic acids is 1. The number of rotatable bonds is 2. The monoisotopic (exact) mass is 265 g/mol. The molecule has 2 fully saturated rings. The Morgan fingerprint density at radius 3 is 2.56 bits per heavy atom.